The van der Waals surface area contributed by atoms with Crippen molar-refractivity contribution in [1.82, 2.24) is 19.9 Å². The van der Waals surface area contributed by atoms with E-state index in [0.717, 1.165) is 16.8 Å². The molecular weight excluding hydrogens is 383 g/mol. The van der Waals surface area contributed by atoms with Gasteiger partial charge in [0.05, 0.1) is 18.6 Å². The maximum atomic E-state index is 13.0. The third kappa shape index (κ3) is 4.63. The quantitative estimate of drug-likeness (QED) is 0.493. The van der Waals surface area contributed by atoms with Crippen LogP contribution in [-0.2, 0) is 11.2 Å². The summed E-state index contributed by atoms with van der Waals surface area (Å²) in [6, 6.07) is 13.8. The Hall–Kier alpha value is -3.74. The van der Waals surface area contributed by atoms with Crippen LogP contribution in [0.5, 0.6) is 0 Å². The van der Waals surface area contributed by atoms with Gasteiger partial charge >= 0.3 is 0 Å². The minimum absolute atomic E-state index is 0.0808. The molecule has 30 heavy (non-hydrogen) atoms. The van der Waals surface area contributed by atoms with E-state index in [9.17, 15) is 9.18 Å². The number of oxazole rings is 1. The molecule has 2 aromatic heterocycles. The first-order valence-corrected chi connectivity index (χ1v) is 9.67. The van der Waals surface area contributed by atoms with Gasteiger partial charge in [-0.15, -0.1) is 0 Å². The number of hydrogen-bond acceptors (Lipinski definition) is 4. The highest BCUT2D eigenvalue weighted by molar-refractivity contribution is 5.76. The van der Waals surface area contributed by atoms with Crippen molar-refractivity contribution < 1.29 is 13.6 Å². The summed E-state index contributed by atoms with van der Waals surface area (Å²) in [4.78, 5) is 20.6. The zero-order valence-electron chi connectivity index (χ0n) is 16.5. The van der Waals surface area contributed by atoms with Crippen molar-refractivity contribution >= 4 is 5.91 Å². The Morgan fingerprint density at radius 2 is 1.93 bits per heavy atom. The number of hydrogen-bond donors (Lipinski definition) is 1. The lowest BCUT2D eigenvalue weighted by molar-refractivity contribution is -0.121. The van der Waals surface area contributed by atoms with Gasteiger partial charge < -0.3 is 14.3 Å². The van der Waals surface area contributed by atoms with Crippen molar-refractivity contribution in [2.75, 3.05) is 0 Å². The van der Waals surface area contributed by atoms with Crippen LogP contribution in [0, 0.1) is 5.82 Å². The predicted octanol–water partition coefficient (Wildman–Crippen LogP) is 4.48. The Balaban J connectivity index is 1.30. The zero-order chi connectivity index (χ0) is 20.9. The molecule has 0 radical (unpaired) electrons. The van der Waals surface area contributed by atoms with Gasteiger partial charge in [0.25, 0.3) is 0 Å². The molecule has 0 fully saturated rings. The summed E-state index contributed by atoms with van der Waals surface area (Å²) in [6.07, 6.45) is 7.59. The highest BCUT2D eigenvalue weighted by Gasteiger charge is 2.12. The predicted molar refractivity (Wildman–Crippen MR) is 110 cm³/mol. The molecule has 0 spiro atoms. The van der Waals surface area contributed by atoms with E-state index in [2.05, 4.69) is 15.3 Å². The number of nitrogens with zero attached hydrogens (tertiary/aromatic N) is 3. The second kappa shape index (κ2) is 8.73. The number of halogens is 1. The minimum Gasteiger partial charge on any atom is -0.441 e. The first kappa shape index (κ1) is 19.6. The fourth-order valence-corrected chi connectivity index (χ4v) is 3.14. The molecule has 0 saturated heterocycles. The topological polar surface area (TPSA) is 73.0 Å². The van der Waals surface area contributed by atoms with Gasteiger partial charge in [-0.3, -0.25) is 4.79 Å². The molecule has 7 heteroatoms. The summed E-state index contributed by atoms with van der Waals surface area (Å²) in [5.74, 6) is 0.641. The smallest absolute Gasteiger partial charge is 0.220 e. The van der Waals surface area contributed by atoms with E-state index >= 15 is 0 Å². The summed E-state index contributed by atoms with van der Waals surface area (Å²) in [6.45, 7) is 1.95. The van der Waals surface area contributed by atoms with Gasteiger partial charge in [-0.05, 0) is 48.9 Å². The van der Waals surface area contributed by atoms with Crippen LogP contribution in [-0.4, -0.2) is 20.4 Å². The molecular formula is C23H21FN4O2. The van der Waals surface area contributed by atoms with Crippen molar-refractivity contribution in [3.05, 3.63) is 90.7 Å². The van der Waals surface area contributed by atoms with Gasteiger partial charge in [-0.1, -0.05) is 12.1 Å². The summed E-state index contributed by atoms with van der Waals surface area (Å²) < 4.78 is 20.6. The van der Waals surface area contributed by atoms with Crippen LogP contribution < -0.4 is 5.32 Å². The summed E-state index contributed by atoms with van der Waals surface area (Å²) >= 11 is 0. The Kier molecular flexibility index (Phi) is 5.70. The molecule has 2 heterocycles. The van der Waals surface area contributed by atoms with Crippen molar-refractivity contribution in [2.45, 2.75) is 25.8 Å². The van der Waals surface area contributed by atoms with Crippen molar-refractivity contribution in [3.8, 4) is 17.0 Å². The third-order valence-electron chi connectivity index (χ3n) is 4.82. The number of carbonyl (C=O) groups excluding carboxylic acids is 1. The largest absolute Gasteiger partial charge is 0.441 e. The highest BCUT2D eigenvalue weighted by Crippen LogP contribution is 2.21. The van der Waals surface area contributed by atoms with Gasteiger partial charge in [0.15, 0.2) is 11.7 Å². The van der Waals surface area contributed by atoms with E-state index in [1.54, 1.807) is 30.9 Å². The number of imidazole rings is 1. The average molecular weight is 404 g/mol. The lowest BCUT2D eigenvalue weighted by Gasteiger charge is -2.15. The maximum absolute atomic E-state index is 13.0. The molecule has 0 bridgehead atoms. The number of aryl methyl sites for hydroxylation is 1. The normalized spacial score (nSPS) is 11.9. The second-order valence-corrected chi connectivity index (χ2v) is 6.98. The minimum atomic E-state index is -0.305. The van der Waals surface area contributed by atoms with E-state index < -0.39 is 0 Å². The van der Waals surface area contributed by atoms with Crippen molar-refractivity contribution in [1.29, 1.82) is 0 Å². The molecule has 0 saturated carbocycles. The number of rotatable bonds is 7. The molecule has 2 aromatic carbocycles. The van der Waals surface area contributed by atoms with E-state index in [0.29, 0.717) is 18.1 Å². The average Bonchev–Trinajstić information content (AvgIpc) is 3.45. The summed E-state index contributed by atoms with van der Waals surface area (Å²) in [5.41, 5.74) is 2.77. The molecule has 0 aliphatic carbocycles. The number of nitrogens with one attached hydrogen (secondary N) is 1. The fraction of sp³-hybridized carbons (Fsp3) is 0.174. The first-order chi connectivity index (χ1) is 14.6. The zero-order valence-corrected chi connectivity index (χ0v) is 16.5. The molecule has 4 rings (SSSR count). The summed E-state index contributed by atoms with van der Waals surface area (Å²) in [7, 11) is 0. The molecule has 4 aromatic rings. The molecule has 1 amide bonds. The number of carbonyl (C=O) groups is 1. The van der Waals surface area contributed by atoms with Crippen LogP contribution in [0.2, 0.25) is 0 Å². The van der Waals surface area contributed by atoms with Crippen LogP contribution in [0.15, 0.2) is 77.9 Å². The lowest BCUT2D eigenvalue weighted by Crippen LogP contribution is -2.26. The van der Waals surface area contributed by atoms with E-state index in [1.807, 2.05) is 42.0 Å². The second-order valence-electron chi connectivity index (χ2n) is 6.98. The van der Waals surface area contributed by atoms with E-state index in [1.165, 1.54) is 12.1 Å². The number of benzene rings is 2. The molecule has 0 aliphatic rings. The van der Waals surface area contributed by atoms with E-state index in [-0.39, 0.29) is 24.2 Å². The monoisotopic (exact) mass is 404 g/mol. The molecule has 6 nitrogen and oxygen atoms in total. The molecule has 0 unspecified atom stereocenters. The van der Waals surface area contributed by atoms with Crippen LogP contribution in [0.3, 0.4) is 0 Å². The van der Waals surface area contributed by atoms with Crippen molar-refractivity contribution in [3.63, 3.8) is 0 Å². The SMILES string of the molecule is C[C@@H](NC(=O)CCc1ncc(-c2ccc(F)cc2)o1)c1ccc(-n2ccnc2)cc1. The molecule has 0 aliphatic heterocycles. The van der Waals surface area contributed by atoms with Crippen LogP contribution in [0.25, 0.3) is 17.0 Å². The number of aromatic nitrogens is 3. The van der Waals surface area contributed by atoms with Gasteiger partial charge in [-0.2, -0.15) is 0 Å². The van der Waals surface area contributed by atoms with Crippen LogP contribution in [0.1, 0.15) is 30.8 Å². The Labute approximate surface area is 173 Å². The Bertz CT molecular complexity index is 1100. The Morgan fingerprint density at radius 3 is 2.63 bits per heavy atom. The van der Waals surface area contributed by atoms with Crippen LogP contribution in [0.4, 0.5) is 4.39 Å². The molecule has 1 N–H and O–H groups in total. The van der Waals surface area contributed by atoms with Gasteiger partial charge in [0.2, 0.25) is 5.91 Å². The number of amides is 1. The maximum Gasteiger partial charge on any atom is 0.220 e. The van der Waals surface area contributed by atoms with Crippen molar-refractivity contribution in [2.24, 2.45) is 0 Å². The summed E-state index contributed by atoms with van der Waals surface area (Å²) in [5, 5.41) is 3.00. The van der Waals surface area contributed by atoms with Crippen LogP contribution >= 0.6 is 0 Å². The molecule has 1 atom stereocenters. The Morgan fingerprint density at radius 1 is 1.17 bits per heavy atom. The standard InChI is InChI=1S/C23H21FN4O2/c1-16(17-4-8-20(9-5-17)28-13-12-25-15-28)27-22(29)10-11-23-26-14-21(30-23)18-2-6-19(24)7-3-18/h2-9,12-16H,10-11H2,1H3,(H,27,29)/t16-/m1/s1. The first-order valence-electron chi connectivity index (χ1n) is 9.67. The van der Waals surface area contributed by atoms with Gasteiger partial charge in [0, 0.05) is 36.5 Å². The highest BCUT2D eigenvalue weighted by atomic mass is 19.1. The fourth-order valence-electron chi connectivity index (χ4n) is 3.14. The molecule has 152 valence electrons. The van der Waals surface area contributed by atoms with Gasteiger partial charge in [0.1, 0.15) is 5.82 Å². The van der Waals surface area contributed by atoms with Gasteiger partial charge in [-0.25, -0.2) is 14.4 Å². The third-order valence-corrected chi connectivity index (χ3v) is 4.82. The lowest BCUT2D eigenvalue weighted by atomic mass is 10.1. The van der Waals surface area contributed by atoms with E-state index in [4.69, 9.17) is 4.42 Å².